The minimum absolute atomic E-state index is 0.254. The van der Waals surface area contributed by atoms with Crippen molar-refractivity contribution in [3.8, 4) is 5.75 Å². The number of amides is 1. The smallest absolute Gasteiger partial charge is 0.269 e. The fourth-order valence-electron chi connectivity index (χ4n) is 2.28. The number of carbonyl (C=O) groups excluding carboxylic acids is 1. The number of anilines is 1. The number of nitrogens with zero attached hydrogens (tertiary/aromatic N) is 2. The molecular weight excluding hydrogens is 294 g/mol. The Morgan fingerprint density at radius 1 is 1.30 bits per heavy atom. The van der Waals surface area contributed by atoms with Gasteiger partial charge in [0.15, 0.2) is 0 Å². The van der Waals surface area contributed by atoms with Crippen molar-refractivity contribution in [2.75, 3.05) is 12.4 Å². The number of benzene rings is 1. The summed E-state index contributed by atoms with van der Waals surface area (Å²) in [5.74, 6) is 1.03. The Kier molecular flexibility index (Phi) is 4.23. The Hall–Kier alpha value is -2.89. The second kappa shape index (κ2) is 6.48. The predicted octanol–water partition coefficient (Wildman–Crippen LogP) is 2.53. The highest BCUT2D eigenvalue weighted by molar-refractivity contribution is 6.06. The fourth-order valence-corrected chi connectivity index (χ4v) is 2.28. The Bertz CT molecular complexity index is 741. The van der Waals surface area contributed by atoms with Crippen molar-refractivity contribution in [1.29, 1.82) is 0 Å². The monoisotopic (exact) mass is 311 g/mol. The topological polar surface area (TPSA) is 72.8 Å². The molecule has 1 amide bonds. The highest BCUT2D eigenvalue weighted by atomic mass is 16.6. The van der Waals surface area contributed by atoms with Crippen LogP contribution in [0.15, 0.2) is 47.8 Å². The van der Waals surface area contributed by atoms with Crippen LogP contribution in [0.1, 0.15) is 17.5 Å². The molecule has 1 aliphatic rings. The van der Waals surface area contributed by atoms with E-state index < -0.39 is 6.10 Å². The van der Waals surface area contributed by atoms with Crippen molar-refractivity contribution in [2.24, 2.45) is 5.16 Å². The summed E-state index contributed by atoms with van der Waals surface area (Å²) in [7, 11) is 1.62. The van der Waals surface area contributed by atoms with E-state index in [4.69, 9.17) is 9.57 Å². The van der Waals surface area contributed by atoms with E-state index in [-0.39, 0.29) is 5.91 Å². The zero-order valence-electron chi connectivity index (χ0n) is 12.9. The molecule has 1 aromatic heterocycles. The van der Waals surface area contributed by atoms with Crippen LogP contribution in [0.3, 0.4) is 0 Å². The molecular formula is C17H17N3O3. The number of oxime groups is 1. The number of rotatable bonds is 4. The number of methoxy groups -OCH3 is 1. The summed E-state index contributed by atoms with van der Waals surface area (Å²) in [5, 5.41) is 6.76. The number of pyridine rings is 1. The van der Waals surface area contributed by atoms with Crippen LogP contribution in [-0.2, 0) is 9.63 Å². The van der Waals surface area contributed by atoms with E-state index in [0.717, 1.165) is 22.6 Å². The predicted molar refractivity (Wildman–Crippen MR) is 86.6 cm³/mol. The first kappa shape index (κ1) is 15.0. The van der Waals surface area contributed by atoms with Gasteiger partial charge in [0.2, 0.25) is 6.10 Å². The van der Waals surface area contributed by atoms with Crippen LogP contribution in [0.2, 0.25) is 0 Å². The van der Waals surface area contributed by atoms with Gasteiger partial charge in [-0.25, -0.2) is 4.98 Å². The molecule has 0 saturated heterocycles. The van der Waals surface area contributed by atoms with Crippen molar-refractivity contribution in [1.82, 2.24) is 4.98 Å². The van der Waals surface area contributed by atoms with E-state index in [9.17, 15) is 4.79 Å². The molecule has 0 fully saturated rings. The second-order valence-corrected chi connectivity index (χ2v) is 5.27. The number of carbonyl (C=O) groups is 1. The Labute approximate surface area is 134 Å². The summed E-state index contributed by atoms with van der Waals surface area (Å²) in [6, 6.07) is 11.2. The molecule has 0 bridgehead atoms. The average Bonchev–Trinajstić information content (AvgIpc) is 3.05. The molecule has 0 radical (unpaired) electrons. The molecule has 0 spiro atoms. The summed E-state index contributed by atoms with van der Waals surface area (Å²) in [6.07, 6.45) is 1.43. The number of aryl methyl sites for hydroxylation is 1. The van der Waals surface area contributed by atoms with Crippen LogP contribution >= 0.6 is 0 Å². The molecule has 0 unspecified atom stereocenters. The Morgan fingerprint density at radius 2 is 2.09 bits per heavy atom. The number of aromatic nitrogens is 1. The number of hydrogen-bond acceptors (Lipinski definition) is 5. The van der Waals surface area contributed by atoms with Gasteiger partial charge in [0.1, 0.15) is 11.6 Å². The van der Waals surface area contributed by atoms with E-state index in [2.05, 4.69) is 15.5 Å². The van der Waals surface area contributed by atoms with Crippen molar-refractivity contribution in [3.05, 3.63) is 53.7 Å². The van der Waals surface area contributed by atoms with Crippen LogP contribution in [0.4, 0.5) is 5.82 Å². The van der Waals surface area contributed by atoms with Crippen LogP contribution < -0.4 is 10.1 Å². The van der Waals surface area contributed by atoms with E-state index in [0.29, 0.717) is 12.2 Å². The first-order valence-corrected chi connectivity index (χ1v) is 7.26. The highest BCUT2D eigenvalue weighted by Crippen LogP contribution is 2.20. The summed E-state index contributed by atoms with van der Waals surface area (Å²) in [5.41, 5.74) is 2.68. The molecule has 6 nitrogen and oxygen atoms in total. The van der Waals surface area contributed by atoms with E-state index in [1.54, 1.807) is 19.4 Å². The van der Waals surface area contributed by atoms with Crippen molar-refractivity contribution < 1.29 is 14.4 Å². The van der Waals surface area contributed by atoms with Gasteiger partial charge >= 0.3 is 0 Å². The molecule has 6 heteroatoms. The van der Waals surface area contributed by atoms with Crippen LogP contribution in [0.25, 0.3) is 0 Å². The zero-order chi connectivity index (χ0) is 16.2. The lowest BCUT2D eigenvalue weighted by Gasteiger charge is -2.09. The molecule has 3 rings (SSSR count). The summed E-state index contributed by atoms with van der Waals surface area (Å²) >= 11 is 0. The van der Waals surface area contributed by atoms with E-state index in [1.807, 2.05) is 37.3 Å². The minimum atomic E-state index is -0.644. The number of ether oxygens (including phenoxy) is 1. The van der Waals surface area contributed by atoms with Gasteiger partial charge in [0, 0.05) is 12.6 Å². The SMILES string of the molecule is COc1ccc(C2=NO[C@H](C(=O)Nc3cc(C)ccn3)C2)cc1. The van der Waals surface area contributed by atoms with Gasteiger partial charge in [-0.15, -0.1) is 0 Å². The van der Waals surface area contributed by atoms with Gasteiger partial charge in [-0.1, -0.05) is 5.16 Å². The van der Waals surface area contributed by atoms with Crippen LogP contribution in [0, 0.1) is 6.92 Å². The van der Waals surface area contributed by atoms with Crippen molar-refractivity contribution in [2.45, 2.75) is 19.4 Å². The standard InChI is InChI=1S/C17H17N3O3/c1-11-7-8-18-16(9-11)19-17(21)15-10-14(20-23-15)12-3-5-13(22-2)6-4-12/h3-9,15H,10H2,1-2H3,(H,18,19,21)/t15-/m0/s1. The molecule has 118 valence electrons. The van der Waals surface area contributed by atoms with Gasteiger partial charge in [-0.05, 0) is 54.4 Å². The third-order valence-corrected chi connectivity index (χ3v) is 3.55. The lowest BCUT2D eigenvalue weighted by atomic mass is 10.0. The number of nitrogens with one attached hydrogen (secondary N) is 1. The minimum Gasteiger partial charge on any atom is -0.497 e. The van der Waals surface area contributed by atoms with Crippen LogP contribution in [-0.4, -0.2) is 29.8 Å². The molecule has 0 saturated carbocycles. The van der Waals surface area contributed by atoms with Gasteiger partial charge in [-0.3, -0.25) is 4.79 Å². The van der Waals surface area contributed by atoms with Crippen LogP contribution in [0.5, 0.6) is 5.75 Å². The molecule has 1 aromatic carbocycles. The lowest BCUT2D eigenvalue weighted by molar-refractivity contribution is -0.125. The maximum Gasteiger partial charge on any atom is 0.269 e. The fraction of sp³-hybridized carbons (Fsp3) is 0.235. The Balaban J connectivity index is 1.62. The highest BCUT2D eigenvalue weighted by Gasteiger charge is 2.29. The van der Waals surface area contributed by atoms with Gasteiger partial charge in [0.25, 0.3) is 5.91 Å². The second-order valence-electron chi connectivity index (χ2n) is 5.27. The molecule has 0 aliphatic carbocycles. The molecule has 2 heterocycles. The van der Waals surface area contributed by atoms with Crippen molar-refractivity contribution in [3.63, 3.8) is 0 Å². The molecule has 2 aromatic rings. The maximum atomic E-state index is 12.2. The average molecular weight is 311 g/mol. The van der Waals surface area contributed by atoms with E-state index >= 15 is 0 Å². The van der Waals surface area contributed by atoms with Gasteiger partial charge < -0.3 is 14.9 Å². The number of hydrogen-bond donors (Lipinski definition) is 1. The first-order valence-electron chi connectivity index (χ1n) is 7.26. The maximum absolute atomic E-state index is 12.2. The first-order chi connectivity index (χ1) is 11.2. The molecule has 23 heavy (non-hydrogen) atoms. The quantitative estimate of drug-likeness (QED) is 0.941. The summed E-state index contributed by atoms with van der Waals surface area (Å²) in [4.78, 5) is 21.6. The van der Waals surface area contributed by atoms with Gasteiger partial charge in [-0.2, -0.15) is 0 Å². The summed E-state index contributed by atoms with van der Waals surface area (Å²) < 4.78 is 5.13. The summed E-state index contributed by atoms with van der Waals surface area (Å²) in [6.45, 7) is 1.94. The third kappa shape index (κ3) is 3.48. The zero-order valence-corrected chi connectivity index (χ0v) is 12.9. The third-order valence-electron chi connectivity index (χ3n) is 3.55. The normalized spacial score (nSPS) is 16.4. The molecule has 1 N–H and O–H groups in total. The molecule has 1 atom stereocenters. The molecule has 1 aliphatic heterocycles. The van der Waals surface area contributed by atoms with E-state index in [1.165, 1.54) is 0 Å². The van der Waals surface area contributed by atoms with Crippen molar-refractivity contribution >= 4 is 17.4 Å². The van der Waals surface area contributed by atoms with Gasteiger partial charge in [0.05, 0.1) is 12.8 Å². The Morgan fingerprint density at radius 3 is 2.78 bits per heavy atom. The largest absolute Gasteiger partial charge is 0.497 e. The lowest BCUT2D eigenvalue weighted by Crippen LogP contribution is -2.28.